The first-order valence-electron chi connectivity index (χ1n) is 6.99. The average molecular weight is 278 g/mol. The normalized spacial score (nSPS) is 14.4. The van der Waals surface area contributed by atoms with E-state index >= 15 is 0 Å². The van der Waals surface area contributed by atoms with Crippen molar-refractivity contribution >= 4 is 10.0 Å². The molecule has 0 saturated carbocycles. The molecule has 0 rings (SSSR count). The van der Waals surface area contributed by atoms with E-state index in [1.165, 1.54) is 4.31 Å². The highest BCUT2D eigenvalue weighted by molar-refractivity contribution is 7.89. The summed E-state index contributed by atoms with van der Waals surface area (Å²) < 4.78 is 25.7. The molecule has 0 amide bonds. The summed E-state index contributed by atoms with van der Waals surface area (Å²) in [5, 5.41) is 3.28. The van der Waals surface area contributed by atoms with Gasteiger partial charge in [0.05, 0.1) is 5.75 Å². The van der Waals surface area contributed by atoms with E-state index in [9.17, 15) is 8.42 Å². The van der Waals surface area contributed by atoms with Gasteiger partial charge in [-0.1, -0.05) is 20.8 Å². The smallest absolute Gasteiger partial charge is 0.214 e. The van der Waals surface area contributed by atoms with E-state index in [1.807, 2.05) is 20.8 Å². The maximum atomic E-state index is 12.1. The van der Waals surface area contributed by atoms with Gasteiger partial charge >= 0.3 is 0 Å². The van der Waals surface area contributed by atoms with Gasteiger partial charge < -0.3 is 5.32 Å². The van der Waals surface area contributed by atoms with E-state index in [0.717, 1.165) is 32.4 Å². The Balaban J connectivity index is 4.00. The van der Waals surface area contributed by atoms with E-state index in [-0.39, 0.29) is 11.8 Å². The zero-order chi connectivity index (χ0) is 14.2. The van der Waals surface area contributed by atoms with Crippen LogP contribution in [0.4, 0.5) is 0 Å². The number of nitrogens with zero attached hydrogens (tertiary/aromatic N) is 1. The molecule has 0 fully saturated rings. The molecule has 0 aliphatic carbocycles. The Morgan fingerprint density at radius 1 is 1.11 bits per heavy atom. The van der Waals surface area contributed by atoms with Gasteiger partial charge in [-0.05, 0) is 45.2 Å². The summed E-state index contributed by atoms with van der Waals surface area (Å²) in [4.78, 5) is 0. The molecule has 0 saturated heterocycles. The second-order valence-electron chi connectivity index (χ2n) is 5.27. The third-order valence-corrected chi connectivity index (χ3v) is 5.42. The Hall–Kier alpha value is -0.130. The van der Waals surface area contributed by atoms with Crippen molar-refractivity contribution in [2.45, 2.75) is 53.0 Å². The minimum absolute atomic E-state index is 0.0632. The first-order valence-corrected chi connectivity index (χ1v) is 8.60. The predicted molar refractivity (Wildman–Crippen MR) is 78.2 cm³/mol. The summed E-state index contributed by atoms with van der Waals surface area (Å²) in [6.07, 6.45) is 2.77. The number of hydrogen-bond acceptors (Lipinski definition) is 3. The van der Waals surface area contributed by atoms with Crippen LogP contribution in [0.5, 0.6) is 0 Å². The van der Waals surface area contributed by atoms with Crippen molar-refractivity contribution in [2.24, 2.45) is 5.92 Å². The standard InChI is InChI=1S/C13H30N2O2S/c1-6-9-14-10-7-8-11-18(16,17)15(5)13(4)12(2)3/h12-14H,6-11H2,1-5H3. The Kier molecular flexibility index (Phi) is 8.82. The number of unbranched alkanes of at least 4 members (excludes halogenated alkanes) is 1. The van der Waals surface area contributed by atoms with Gasteiger partial charge in [-0.15, -0.1) is 0 Å². The van der Waals surface area contributed by atoms with Crippen molar-refractivity contribution < 1.29 is 8.42 Å². The second kappa shape index (κ2) is 8.88. The molecule has 4 nitrogen and oxygen atoms in total. The second-order valence-corrected chi connectivity index (χ2v) is 7.42. The maximum absolute atomic E-state index is 12.1. The zero-order valence-electron chi connectivity index (χ0n) is 12.6. The summed E-state index contributed by atoms with van der Waals surface area (Å²) in [6, 6.07) is 0.0632. The van der Waals surface area contributed by atoms with Gasteiger partial charge in [-0.3, -0.25) is 0 Å². The van der Waals surface area contributed by atoms with Gasteiger partial charge in [0.15, 0.2) is 0 Å². The van der Waals surface area contributed by atoms with Crippen molar-refractivity contribution in [3.8, 4) is 0 Å². The quantitative estimate of drug-likeness (QED) is 0.622. The lowest BCUT2D eigenvalue weighted by molar-refractivity contribution is 0.315. The maximum Gasteiger partial charge on any atom is 0.214 e. The number of nitrogens with one attached hydrogen (secondary N) is 1. The Labute approximate surface area is 113 Å². The first-order chi connectivity index (χ1) is 8.33. The molecular formula is C13H30N2O2S. The van der Waals surface area contributed by atoms with Crippen molar-refractivity contribution in [2.75, 3.05) is 25.9 Å². The van der Waals surface area contributed by atoms with Crippen LogP contribution in [-0.4, -0.2) is 44.7 Å². The van der Waals surface area contributed by atoms with E-state index in [2.05, 4.69) is 12.2 Å². The van der Waals surface area contributed by atoms with E-state index in [1.54, 1.807) is 7.05 Å². The minimum atomic E-state index is -3.09. The van der Waals surface area contributed by atoms with Crippen molar-refractivity contribution in [3.05, 3.63) is 0 Å². The van der Waals surface area contributed by atoms with E-state index in [0.29, 0.717) is 5.92 Å². The minimum Gasteiger partial charge on any atom is -0.317 e. The molecule has 0 radical (unpaired) electrons. The first kappa shape index (κ1) is 17.9. The van der Waals surface area contributed by atoms with Crippen molar-refractivity contribution in [1.82, 2.24) is 9.62 Å². The molecule has 5 heteroatoms. The predicted octanol–water partition coefficient (Wildman–Crippen LogP) is 2.07. The van der Waals surface area contributed by atoms with Crippen LogP contribution >= 0.6 is 0 Å². The lowest BCUT2D eigenvalue weighted by Gasteiger charge is -2.27. The van der Waals surface area contributed by atoms with Crippen LogP contribution in [0.2, 0.25) is 0 Å². The largest absolute Gasteiger partial charge is 0.317 e. The van der Waals surface area contributed by atoms with Crippen molar-refractivity contribution in [3.63, 3.8) is 0 Å². The molecule has 18 heavy (non-hydrogen) atoms. The summed E-state index contributed by atoms with van der Waals surface area (Å²) >= 11 is 0. The summed E-state index contributed by atoms with van der Waals surface area (Å²) in [5.74, 6) is 0.602. The molecule has 0 aromatic rings. The molecule has 0 aromatic carbocycles. The SMILES string of the molecule is CCCNCCCCS(=O)(=O)N(C)C(C)C(C)C. The fourth-order valence-electron chi connectivity index (χ4n) is 1.65. The Bertz CT molecular complexity index is 302. The van der Waals surface area contributed by atoms with Gasteiger partial charge in [0.2, 0.25) is 10.0 Å². The molecule has 0 heterocycles. The van der Waals surface area contributed by atoms with Crippen LogP contribution < -0.4 is 5.32 Å². The van der Waals surface area contributed by atoms with Crippen LogP contribution in [-0.2, 0) is 10.0 Å². The molecule has 0 aliphatic rings. The number of hydrogen-bond donors (Lipinski definition) is 1. The molecule has 1 unspecified atom stereocenters. The van der Waals surface area contributed by atoms with Crippen LogP contribution in [0.25, 0.3) is 0 Å². The molecular weight excluding hydrogens is 248 g/mol. The molecule has 0 bridgehead atoms. The topological polar surface area (TPSA) is 49.4 Å². The molecule has 0 aromatic heterocycles. The lowest BCUT2D eigenvalue weighted by atomic mass is 10.1. The van der Waals surface area contributed by atoms with Crippen molar-refractivity contribution in [1.29, 1.82) is 0 Å². The Morgan fingerprint density at radius 2 is 1.72 bits per heavy atom. The van der Waals surface area contributed by atoms with Crippen LogP contribution in [0.15, 0.2) is 0 Å². The molecule has 1 N–H and O–H groups in total. The summed E-state index contributed by atoms with van der Waals surface area (Å²) in [7, 11) is -1.40. The van der Waals surface area contributed by atoms with E-state index < -0.39 is 10.0 Å². The Morgan fingerprint density at radius 3 is 2.22 bits per heavy atom. The van der Waals surface area contributed by atoms with Gasteiger partial charge in [0.1, 0.15) is 0 Å². The lowest BCUT2D eigenvalue weighted by Crippen LogP contribution is -2.39. The fourth-order valence-corrected chi connectivity index (χ4v) is 3.26. The average Bonchev–Trinajstić information content (AvgIpc) is 2.31. The van der Waals surface area contributed by atoms with Crippen LogP contribution in [0, 0.1) is 5.92 Å². The number of sulfonamides is 1. The zero-order valence-corrected chi connectivity index (χ0v) is 13.4. The summed E-state index contributed by atoms with van der Waals surface area (Å²) in [6.45, 7) is 10.1. The highest BCUT2D eigenvalue weighted by atomic mass is 32.2. The van der Waals surface area contributed by atoms with Gasteiger partial charge in [-0.25, -0.2) is 12.7 Å². The van der Waals surface area contributed by atoms with Gasteiger partial charge in [-0.2, -0.15) is 0 Å². The molecule has 1 atom stereocenters. The molecule has 0 aliphatic heterocycles. The van der Waals surface area contributed by atoms with Crippen LogP contribution in [0.3, 0.4) is 0 Å². The third kappa shape index (κ3) is 6.71. The third-order valence-electron chi connectivity index (χ3n) is 3.41. The van der Waals surface area contributed by atoms with Gasteiger partial charge in [0.25, 0.3) is 0 Å². The highest BCUT2D eigenvalue weighted by Crippen LogP contribution is 2.13. The monoisotopic (exact) mass is 278 g/mol. The van der Waals surface area contributed by atoms with Gasteiger partial charge in [0, 0.05) is 13.1 Å². The number of rotatable bonds is 10. The molecule has 110 valence electrons. The molecule has 0 spiro atoms. The fraction of sp³-hybridized carbons (Fsp3) is 1.00. The van der Waals surface area contributed by atoms with E-state index in [4.69, 9.17) is 0 Å². The highest BCUT2D eigenvalue weighted by Gasteiger charge is 2.24. The van der Waals surface area contributed by atoms with Crippen LogP contribution in [0.1, 0.15) is 47.0 Å². The summed E-state index contributed by atoms with van der Waals surface area (Å²) in [5.41, 5.74) is 0.